The van der Waals surface area contributed by atoms with Gasteiger partial charge in [-0.05, 0) is 68.0 Å². The molecular formula is C20H27NO2. The fraction of sp³-hybridized carbons (Fsp3) is 0.650. The lowest BCUT2D eigenvalue weighted by atomic mass is 9.49. The number of aromatic hydroxyl groups is 1. The van der Waals surface area contributed by atoms with Crippen molar-refractivity contribution in [1.29, 1.82) is 0 Å². The summed E-state index contributed by atoms with van der Waals surface area (Å²) in [4.78, 5) is 15.1. The topological polar surface area (TPSA) is 40.5 Å². The average Bonchev–Trinajstić information content (AvgIpc) is 2.51. The zero-order valence-corrected chi connectivity index (χ0v) is 14.2. The van der Waals surface area contributed by atoms with Crippen LogP contribution in [0.15, 0.2) is 18.2 Å². The van der Waals surface area contributed by atoms with Gasteiger partial charge >= 0.3 is 0 Å². The molecule has 3 aliphatic rings. The van der Waals surface area contributed by atoms with E-state index >= 15 is 0 Å². The summed E-state index contributed by atoms with van der Waals surface area (Å²) in [6, 6.07) is 6.40. The van der Waals surface area contributed by atoms with E-state index in [1.165, 1.54) is 11.1 Å². The molecule has 0 spiro atoms. The van der Waals surface area contributed by atoms with E-state index in [9.17, 15) is 9.90 Å². The largest absolute Gasteiger partial charge is 0.508 e. The van der Waals surface area contributed by atoms with Gasteiger partial charge < -0.3 is 10.0 Å². The number of ketones is 1. The minimum absolute atomic E-state index is 0.0291. The average molecular weight is 313 g/mol. The van der Waals surface area contributed by atoms with Gasteiger partial charge in [0.25, 0.3) is 0 Å². The highest BCUT2D eigenvalue weighted by atomic mass is 16.3. The highest BCUT2D eigenvalue weighted by Crippen LogP contribution is 2.57. The van der Waals surface area contributed by atoms with Crippen LogP contribution in [0.1, 0.15) is 50.2 Å². The SMILES string of the molecule is CCC[C@H]1CC(=O)CC23CCN(C)C(Cc4ccc(O)cc42)[C@H]13. The number of hydrogen-bond donors (Lipinski definition) is 1. The highest BCUT2D eigenvalue weighted by Gasteiger charge is 2.57. The van der Waals surface area contributed by atoms with Crippen LogP contribution < -0.4 is 0 Å². The minimum Gasteiger partial charge on any atom is -0.508 e. The normalized spacial score (nSPS) is 36.4. The van der Waals surface area contributed by atoms with Crippen molar-refractivity contribution in [3.8, 4) is 5.75 Å². The molecule has 3 heteroatoms. The Kier molecular flexibility index (Phi) is 3.53. The van der Waals surface area contributed by atoms with Crippen LogP contribution in [0.25, 0.3) is 0 Å². The number of phenols is 1. The van der Waals surface area contributed by atoms with Gasteiger partial charge in [0.05, 0.1) is 0 Å². The first kappa shape index (κ1) is 15.2. The summed E-state index contributed by atoms with van der Waals surface area (Å²) in [7, 11) is 2.25. The van der Waals surface area contributed by atoms with Gasteiger partial charge in [0.2, 0.25) is 0 Å². The number of nitrogens with zero attached hydrogens (tertiary/aromatic N) is 1. The standard InChI is InChI=1S/C20H27NO2/c1-3-4-14-9-16(23)12-20-7-8-21(2)18(19(14)20)10-13-5-6-15(22)11-17(13)20/h5-6,11,14,18-19,22H,3-4,7-10,12H2,1-2H3/t14-,18?,19-,20?/m0/s1. The van der Waals surface area contributed by atoms with E-state index in [0.717, 1.165) is 38.6 Å². The summed E-state index contributed by atoms with van der Waals surface area (Å²) in [6.45, 7) is 3.29. The molecule has 3 nitrogen and oxygen atoms in total. The van der Waals surface area contributed by atoms with Crippen LogP contribution in [0.2, 0.25) is 0 Å². The predicted octanol–water partition coefficient (Wildman–Crippen LogP) is 3.29. The van der Waals surface area contributed by atoms with Crippen molar-refractivity contribution < 1.29 is 9.90 Å². The van der Waals surface area contributed by atoms with E-state index in [4.69, 9.17) is 0 Å². The molecule has 1 aromatic carbocycles. The number of likely N-dealkylation sites (N-methyl/N-ethyl adjacent to an activating group) is 1. The maximum absolute atomic E-state index is 12.6. The fourth-order valence-corrected chi connectivity index (χ4v) is 5.94. The summed E-state index contributed by atoms with van der Waals surface area (Å²) in [6.07, 6.45) is 5.85. The van der Waals surface area contributed by atoms with E-state index in [0.29, 0.717) is 35.8 Å². The number of Topliss-reactive ketones (excluding diaryl/α,β-unsaturated/α-hetero) is 1. The summed E-state index contributed by atoms with van der Waals surface area (Å²) in [5.41, 5.74) is 2.60. The maximum atomic E-state index is 12.6. The second-order valence-corrected chi connectivity index (χ2v) is 7.99. The number of likely N-dealkylation sites (tertiary alicyclic amines) is 1. The van der Waals surface area contributed by atoms with Crippen LogP contribution in [0, 0.1) is 11.8 Å². The lowest BCUT2D eigenvalue weighted by Gasteiger charge is -2.60. The number of rotatable bonds is 2. The zero-order chi connectivity index (χ0) is 16.2. The van der Waals surface area contributed by atoms with E-state index in [1.54, 1.807) is 6.07 Å². The number of carbonyl (C=O) groups is 1. The molecule has 1 heterocycles. The predicted molar refractivity (Wildman–Crippen MR) is 90.7 cm³/mol. The quantitative estimate of drug-likeness (QED) is 0.911. The number of phenolic OH excluding ortho intramolecular Hbond substituents is 1. The lowest BCUT2D eigenvalue weighted by Crippen LogP contribution is -2.63. The number of benzene rings is 1. The first-order valence-electron chi connectivity index (χ1n) is 9.09. The molecule has 2 unspecified atom stereocenters. The van der Waals surface area contributed by atoms with Crippen molar-refractivity contribution in [3.63, 3.8) is 0 Å². The van der Waals surface area contributed by atoms with Gasteiger partial charge in [0, 0.05) is 24.3 Å². The Balaban J connectivity index is 1.89. The summed E-state index contributed by atoms with van der Waals surface area (Å²) in [5, 5.41) is 10.1. The van der Waals surface area contributed by atoms with Crippen molar-refractivity contribution in [1.82, 2.24) is 4.90 Å². The van der Waals surface area contributed by atoms with E-state index in [1.807, 2.05) is 6.07 Å². The smallest absolute Gasteiger partial charge is 0.134 e. The van der Waals surface area contributed by atoms with E-state index in [-0.39, 0.29) is 5.41 Å². The van der Waals surface area contributed by atoms with Crippen LogP contribution in [0.4, 0.5) is 0 Å². The molecule has 4 atom stereocenters. The Hall–Kier alpha value is -1.35. The molecule has 4 rings (SSSR count). The maximum Gasteiger partial charge on any atom is 0.134 e. The summed E-state index contributed by atoms with van der Waals surface area (Å²) in [5.74, 6) is 1.84. The Bertz CT molecular complexity index is 641. The van der Waals surface area contributed by atoms with Crippen molar-refractivity contribution in [3.05, 3.63) is 29.3 Å². The van der Waals surface area contributed by atoms with E-state index < -0.39 is 0 Å². The first-order chi connectivity index (χ1) is 11.0. The third-order valence-electron chi connectivity index (χ3n) is 6.76. The zero-order valence-electron chi connectivity index (χ0n) is 14.2. The van der Waals surface area contributed by atoms with Gasteiger partial charge in [-0.15, -0.1) is 0 Å². The van der Waals surface area contributed by atoms with Gasteiger partial charge in [0.1, 0.15) is 11.5 Å². The molecule has 0 radical (unpaired) electrons. The van der Waals surface area contributed by atoms with Gasteiger partial charge in [-0.25, -0.2) is 0 Å². The molecule has 1 aromatic rings. The Morgan fingerprint density at radius 1 is 1.35 bits per heavy atom. The molecule has 1 N–H and O–H groups in total. The monoisotopic (exact) mass is 313 g/mol. The molecule has 1 saturated heterocycles. The third-order valence-corrected chi connectivity index (χ3v) is 6.76. The van der Waals surface area contributed by atoms with Crippen LogP contribution in [0.5, 0.6) is 5.75 Å². The molecular weight excluding hydrogens is 286 g/mol. The molecule has 0 aromatic heterocycles. The van der Waals surface area contributed by atoms with Crippen LogP contribution >= 0.6 is 0 Å². The van der Waals surface area contributed by atoms with Gasteiger partial charge in [-0.1, -0.05) is 19.4 Å². The van der Waals surface area contributed by atoms with Crippen molar-refractivity contribution in [2.75, 3.05) is 13.6 Å². The van der Waals surface area contributed by atoms with Crippen LogP contribution in [-0.4, -0.2) is 35.4 Å². The minimum atomic E-state index is -0.0291. The van der Waals surface area contributed by atoms with Crippen molar-refractivity contribution >= 4 is 5.78 Å². The third kappa shape index (κ3) is 2.16. The molecule has 124 valence electrons. The van der Waals surface area contributed by atoms with Gasteiger partial charge in [0.15, 0.2) is 0 Å². The summed E-state index contributed by atoms with van der Waals surface area (Å²) < 4.78 is 0. The number of piperidine rings is 1. The molecule has 2 fully saturated rings. The number of fused-ring (bicyclic) bond motifs is 1. The number of hydrogen-bond acceptors (Lipinski definition) is 3. The summed E-state index contributed by atoms with van der Waals surface area (Å²) >= 11 is 0. The van der Waals surface area contributed by atoms with Gasteiger partial charge in [-0.3, -0.25) is 4.79 Å². The molecule has 1 aliphatic heterocycles. The van der Waals surface area contributed by atoms with Gasteiger partial charge in [-0.2, -0.15) is 0 Å². The molecule has 2 aliphatic carbocycles. The van der Waals surface area contributed by atoms with Crippen LogP contribution in [0.3, 0.4) is 0 Å². The Morgan fingerprint density at radius 3 is 2.96 bits per heavy atom. The Morgan fingerprint density at radius 2 is 2.17 bits per heavy atom. The van der Waals surface area contributed by atoms with Crippen molar-refractivity contribution in [2.24, 2.45) is 11.8 Å². The van der Waals surface area contributed by atoms with Crippen LogP contribution in [-0.2, 0) is 16.6 Å². The molecule has 0 amide bonds. The fourth-order valence-electron chi connectivity index (χ4n) is 5.94. The second-order valence-electron chi connectivity index (χ2n) is 7.99. The highest BCUT2D eigenvalue weighted by molar-refractivity contribution is 5.82. The molecule has 23 heavy (non-hydrogen) atoms. The molecule has 2 bridgehead atoms. The van der Waals surface area contributed by atoms with E-state index in [2.05, 4.69) is 24.9 Å². The number of carbonyl (C=O) groups excluding carboxylic acids is 1. The second kappa shape index (κ2) is 5.34. The Labute approximate surface area is 138 Å². The first-order valence-corrected chi connectivity index (χ1v) is 9.09. The van der Waals surface area contributed by atoms with Crippen molar-refractivity contribution in [2.45, 2.75) is 56.9 Å². The lowest BCUT2D eigenvalue weighted by molar-refractivity contribution is -0.131. The molecule has 1 saturated carbocycles.